The highest BCUT2D eigenvalue weighted by atomic mass is 79.9. The van der Waals surface area contributed by atoms with Gasteiger partial charge in [-0.1, -0.05) is 45.7 Å². The molecule has 0 amide bonds. The molecule has 0 fully saturated rings. The van der Waals surface area contributed by atoms with E-state index in [0.29, 0.717) is 0 Å². The molecule has 0 spiro atoms. The second-order valence-electron chi connectivity index (χ2n) is 4.36. The molecule has 0 N–H and O–H groups in total. The Morgan fingerprint density at radius 3 is 2.39 bits per heavy atom. The summed E-state index contributed by atoms with van der Waals surface area (Å²) in [5.41, 5.74) is 3.54. The third-order valence-corrected chi connectivity index (χ3v) is 3.87. The molecule has 94 valence electrons. The van der Waals surface area contributed by atoms with Crippen LogP contribution in [0.3, 0.4) is 0 Å². The summed E-state index contributed by atoms with van der Waals surface area (Å²) in [7, 11) is 0. The Morgan fingerprint density at radius 1 is 1.11 bits per heavy atom. The maximum Gasteiger partial charge on any atom is 0.0626 e. The average Bonchev–Trinajstić information content (AvgIpc) is 2.31. The molecule has 0 bridgehead atoms. The Morgan fingerprint density at radius 2 is 1.78 bits per heavy atom. The van der Waals surface area contributed by atoms with Crippen molar-refractivity contribution in [2.24, 2.45) is 0 Å². The van der Waals surface area contributed by atoms with Gasteiger partial charge in [0.1, 0.15) is 0 Å². The first-order chi connectivity index (χ1) is 8.54. The van der Waals surface area contributed by atoms with Crippen molar-refractivity contribution in [2.45, 2.75) is 18.7 Å². The van der Waals surface area contributed by atoms with Gasteiger partial charge in [-0.3, -0.25) is 0 Å². The van der Waals surface area contributed by atoms with Crippen molar-refractivity contribution in [2.75, 3.05) is 0 Å². The summed E-state index contributed by atoms with van der Waals surface area (Å²) in [4.78, 5) is 0. The lowest BCUT2D eigenvalue weighted by Gasteiger charge is -2.11. The lowest BCUT2D eigenvalue weighted by Crippen LogP contribution is -1.96. The summed E-state index contributed by atoms with van der Waals surface area (Å²) in [5, 5.41) is 0.727. The van der Waals surface area contributed by atoms with Crippen molar-refractivity contribution >= 4 is 39.1 Å². The third-order valence-electron chi connectivity index (χ3n) is 2.75. The summed E-state index contributed by atoms with van der Waals surface area (Å²) < 4.78 is 1.07. The monoisotopic (exact) mass is 342 g/mol. The molecule has 0 heterocycles. The van der Waals surface area contributed by atoms with Crippen LogP contribution in [0.15, 0.2) is 46.9 Å². The van der Waals surface area contributed by atoms with Crippen LogP contribution in [0.5, 0.6) is 0 Å². The van der Waals surface area contributed by atoms with Crippen molar-refractivity contribution in [3.05, 3.63) is 68.7 Å². The van der Waals surface area contributed by atoms with Crippen molar-refractivity contribution in [1.82, 2.24) is 0 Å². The van der Waals surface area contributed by atoms with Crippen LogP contribution in [0, 0.1) is 6.92 Å². The predicted octanol–water partition coefficient (Wildman–Crippen LogP) is 5.93. The van der Waals surface area contributed by atoms with E-state index in [0.717, 1.165) is 21.5 Å². The largest absolute Gasteiger partial charge is 0.117 e. The van der Waals surface area contributed by atoms with Gasteiger partial charge in [-0.05, 0) is 54.3 Å². The van der Waals surface area contributed by atoms with Crippen LogP contribution in [0.25, 0.3) is 0 Å². The summed E-state index contributed by atoms with van der Waals surface area (Å²) in [5.74, 6) is 0. The van der Waals surface area contributed by atoms with E-state index in [1.54, 1.807) is 0 Å². The van der Waals surface area contributed by atoms with Crippen LogP contribution in [-0.2, 0) is 6.42 Å². The van der Waals surface area contributed by atoms with Crippen molar-refractivity contribution in [3.63, 3.8) is 0 Å². The van der Waals surface area contributed by atoms with Gasteiger partial charge in [0.2, 0.25) is 0 Å². The number of benzene rings is 2. The lowest BCUT2D eigenvalue weighted by atomic mass is 10.0. The molecule has 0 saturated carbocycles. The molecule has 2 aromatic rings. The van der Waals surface area contributed by atoms with E-state index in [2.05, 4.69) is 41.1 Å². The Labute approximate surface area is 126 Å². The van der Waals surface area contributed by atoms with Gasteiger partial charge >= 0.3 is 0 Å². The molecule has 3 heteroatoms. The van der Waals surface area contributed by atoms with E-state index in [1.165, 1.54) is 11.1 Å². The first kappa shape index (κ1) is 13.9. The highest BCUT2D eigenvalue weighted by Gasteiger charge is 2.10. The quantitative estimate of drug-likeness (QED) is 0.605. The van der Waals surface area contributed by atoms with Crippen molar-refractivity contribution in [1.29, 1.82) is 0 Å². The standard InChI is InChI=1S/C15H13BrCl2/c1-10-6-12(9-13(16)7-10)15(18)8-11-2-4-14(17)5-3-11/h2-7,9,15H,8H2,1H3. The second-order valence-corrected chi connectivity index (χ2v) is 6.24. The van der Waals surface area contributed by atoms with Crippen molar-refractivity contribution in [3.8, 4) is 0 Å². The minimum absolute atomic E-state index is 0.0256. The molecular weight excluding hydrogens is 331 g/mol. The minimum atomic E-state index is -0.0256. The number of rotatable bonds is 3. The average molecular weight is 344 g/mol. The van der Waals surface area contributed by atoms with Crippen LogP contribution in [0.1, 0.15) is 22.1 Å². The first-order valence-corrected chi connectivity index (χ1v) is 7.31. The van der Waals surface area contributed by atoms with E-state index in [4.69, 9.17) is 23.2 Å². The van der Waals surface area contributed by atoms with E-state index >= 15 is 0 Å². The van der Waals surface area contributed by atoms with Gasteiger partial charge in [0.15, 0.2) is 0 Å². The molecule has 0 radical (unpaired) electrons. The fourth-order valence-electron chi connectivity index (χ4n) is 1.89. The summed E-state index contributed by atoms with van der Waals surface area (Å²) in [6.07, 6.45) is 0.800. The SMILES string of the molecule is Cc1cc(Br)cc(C(Cl)Cc2ccc(Cl)cc2)c1. The summed E-state index contributed by atoms with van der Waals surface area (Å²) >= 11 is 15.8. The zero-order valence-electron chi connectivity index (χ0n) is 9.96. The number of alkyl halides is 1. The second kappa shape index (κ2) is 6.10. The normalized spacial score (nSPS) is 12.4. The molecule has 0 nitrogen and oxygen atoms in total. The van der Waals surface area contributed by atoms with Gasteiger partial charge in [-0.15, -0.1) is 11.6 Å². The van der Waals surface area contributed by atoms with Crippen LogP contribution in [-0.4, -0.2) is 0 Å². The molecule has 0 aromatic heterocycles. The zero-order valence-corrected chi connectivity index (χ0v) is 13.1. The van der Waals surface area contributed by atoms with Gasteiger partial charge in [-0.25, -0.2) is 0 Å². The van der Waals surface area contributed by atoms with Gasteiger partial charge in [0, 0.05) is 9.50 Å². The summed E-state index contributed by atoms with van der Waals surface area (Å²) in [6.45, 7) is 2.07. The molecule has 1 unspecified atom stereocenters. The maximum absolute atomic E-state index is 6.47. The molecule has 18 heavy (non-hydrogen) atoms. The molecule has 0 aliphatic rings. The number of halogens is 3. The fraction of sp³-hybridized carbons (Fsp3) is 0.200. The Balaban J connectivity index is 2.16. The maximum atomic E-state index is 6.47. The van der Waals surface area contributed by atoms with E-state index in [9.17, 15) is 0 Å². The van der Waals surface area contributed by atoms with Crippen LogP contribution < -0.4 is 0 Å². The number of aryl methyl sites for hydroxylation is 1. The fourth-order valence-corrected chi connectivity index (χ4v) is 2.95. The molecule has 2 rings (SSSR count). The predicted molar refractivity (Wildman–Crippen MR) is 82.6 cm³/mol. The van der Waals surface area contributed by atoms with Gasteiger partial charge < -0.3 is 0 Å². The van der Waals surface area contributed by atoms with E-state index in [-0.39, 0.29) is 5.38 Å². The molecule has 2 aromatic carbocycles. The van der Waals surface area contributed by atoms with Crippen LogP contribution in [0.4, 0.5) is 0 Å². The topological polar surface area (TPSA) is 0 Å². The minimum Gasteiger partial charge on any atom is -0.117 e. The van der Waals surface area contributed by atoms with Crippen LogP contribution >= 0.6 is 39.1 Å². The lowest BCUT2D eigenvalue weighted by molar-refractivity contribution is 0.917. The number of hydrogen-bond acceptors (Lipinski definition) is 0. The summed E-state index contributed by atoms with van der Waals surface area (Å²) in [6, 6.07) is 14.1. The molecule has 1 atom stereocenters. The van der Waals surface area contributed by atoms with E-state index < -0.39 is 0 Å². The van der Waals surface area contributed by atoms with Gasteiger partial charge in [0.25, 0.3) is 0 Å². The van der Waals surface area contributed by atoms with Crippen molar-refractivity contribution < 1.29 is 0 Å². The number of hydrogen-bond donors (Lipinski definition) is 0. The smallest absolute Gasteiger partial charge is 0.0626 e. The van der Waals surface area contributed by atoms with Crippen LogP contribution in [0.2, 0.25) is 5.02 Å². The van der Waals surface area contributed by atoms with Gasteiger partial charge in [0.05, 0.1) is 5.38 Å². The third kappa shape index (κ3) is 3.74. The van der Waals surface area contributed by atoms with E-state index in [1.807, 2.05) is 24.3 Å². The highest BCUT2D eigenvalue weighted by molar-refractivity contribution is 9.10. The first-order valence-electron chi connectivity index (χ1n) is 5.70. The Bertz CT molecular complexity index is 514. The molecular formula is C15H13BrCl2. The Kier molecular flexibility index (Phi) is 4.71. The molecule has 0 aliphatic carbocycles. The molecule has 0 aliphatic heterocycles. The molecule has 0 saturated heterocycles. The highest BCUT2D eigenvalue weighted by Crippen LogP contribution is 2.28. The Hall–Kier alpha value is -0.500. The van der Waals surface area contributed by atoms with Gasteiger partial charge in [-0.2, -0.15) is 0 Å². The zero-order chi connectivity index (χ0) is 13.1.